The van der Waals surface area contributed by atoms with E-state index in [9.17, 15) is 18.0 Å². The summed E-state index contributed by atoms with van der Waals surface area (Å²) in [5.41, 5.74) is 2.09. The molecule has 1 atom stereocenters. The summed E-state index contributed by atoms with van der Waals surface area (Å²) in [5.74, 6) is -1.03. The number of oxazole rings is 1. The number of aromatic amines is 1. The predicted molar refractivity (Wildman–Crippen MR) is 97.7 cm³/mol. The molecule has 0 radical (unpaired) electrons. The molecule has 2 aromatic carbocycles. The number of fused-ring (bicyclic) bond motifs is 1. The number of carbonyl (C=O) groups excluding carboxylic acids is 1. The minimum atomic E-state index is -3.99. The number of aryl methyl sites for hydroxylation is 1. The van der Waals surface area contributed by atoms with Crippen molar-refractivity contribution >= 4 is 27.0 Å². The number of aromatic nitrogens is 1. The van der Waals surface area contributed by atoms with Gasteiger partial charge in [0.15, 0.2) is 5.58 Å². The SMILES string of the molecule is Cc1cccc(C2C(=O)NCCN2S(=O)(=O)c2ccc3[nH]c(=O)oc3c2)c1. The van der Waals surface area contributed by atoms with E-state index in [4.69, 9.17) is 4.42 Å². The van der Waals surface area contributed by atoms with Crippen LogP contribution in [0.3, 0.4) is 0 Å². The van der Waals surface area contributed by atoms with Crippen LogP contribution in [0.5, 0.6) is 0 Å². The fourth-order valence-corrected chi connectivity index (χ4v) is 4.88. The van der Waals surface area contributed by atoms with Crippen LogP contribution in [0.4, 0.5) is 0 Å². The quantitative estimate of drug-likeness (QED) is 0.703. The molecule has 1 aliphatic rings. The van der Waals surface area contributed by atoms with E-state index in [1.807, 2.05) is 13.0 Å². The van der Waals surface area contributed by atoms with E-state index in [0.717, 1.165) is 5.56 Å². The first-order valence-corrected chi connectivity index (χ1v) is 9.79. The summed E-state index contributed by atoms with van der Waals surface area (Å²) >= 11 is 0. The number of carbonyl (C=O) groups is 1. The highest BCUT2D eigenvalue weighted by Gasteiger charge is 2.39. The van der Waals surface area contributed by atoms with Crippen LogP contribution in [-0.2, 0) is 14.8 Å². The van der Waals surface area contributed by atoms with Crippen molar-refractivity contribution in [2.45, 2.75) is 17.9 Å². The molecular weight excluding hydrogens is 370 g/mol. The van der Waals surface area contributed by atoms with Crippen molar-refractivity contribution in [2.75, 3.05) is 13.1 Å². The Kier molecular flexibility index (Phi) is 4.12. The zero-order valence-corrected chi connectivity index (χ0v) is 15.2. The van der Waals surface area contributed by atoms with E-state index in [1.165, 1.54) is 22.5 Å². The average Bonchev–Trinajstić information content (AvgIpc) is 3.00. The number of sulfonamides is 1. The van der Waals surface area contributed by atoms with Crippen LogP contribution in [-0.4, -0.2) is 36.7 Å². The third-order valence-corrected chi connectivity index (χ3v) is 6.39. The summed E-state index contributed by atoms with van der Waals surface area (Å²) in [6, 6.07) is 10.4. The van der Waals surface area contributed by atoms with Gasteiger partial charge in [0.25, 0.3) is 0 Å². The molecule has 1 aliphatic heterocycles. The van der Waals surface area contributed by atoms with Gasteiger partial charge in [0.05, 0.1) is 10.4 Å². The maximum Gasteiger partial charge on any atom is 0.417 e. The number of hydrogen-bond donors (Lipinski definition) is 2. The number of piperazine rings is 1. The van der Waals surface area contributed by atoms with Crippen LogP contribution in [0.1, 0.15) is 17.2 Å². The van der Waals surface area contributed by atoms with Gasteiger partial charge in [0.2, 0.25) is 15.9 Å². The lowest BCUT2D eigenvalue weighted by Gasteiger charge is -2.34. The molecule has 9 heteroatoms. The van der Waals surface area contributed by atoms with Crippen LogP contribution in [0, 0.1) is 6.92 Å². The highest BCUT2D eigenvalue weighted by atomic mass is 32.2. The second-order valence-corrected chi connectivity index (χ2v) is 8.29. The molecule has 1 amide bonds. The lowest BCUT2D eigenvalue weighted by atomic mass is 10.0. The van der Waals surface area contributed by atoms with E-state index in [-0.39, 0.29) is 29.5 Å². The van der Waals surface area contributed by atoms with E-state index in [1.54, 1.807) is 18.2 Å². The highest BCUT2D eigenvalue weighted by Crippen LogP contribution is 2.31. The topological polar surface area (TPSA) is 112 Å². The molecule has 0 spiro atoms. The molecule has 0 bridgehead atoms. The monoisotopic (exact) mass is 387 g/mol. The Bertz CT molecular complexity index is 1190. The molecule has 1 unspecified atom stereocenters. The number of H-pyrrole nitrogens is 1. The summed E-state index contributed by atoms with van der Waals surface area (Å²) in [6.45, 7) is 2.24. The first kappa shape index (κ1) is 17.5. The maximum atomic E-state index is 13.3. The molecule has 4 rings (SSSR count). The minimum Gasteiger partial charge on any atom is -0.408 e. The molecule has 1 aromatic heterocycles. The zero-order chi connectivity index (χ0) is 19.2. The van der Waals surface area contributed by atoms with Gasteiger partial charge in [-0.25, -0.2) is 13.2 Å². The fourth-order valence-electron chi connectivity index (χ4n) is 3.28. The standard InChI is InChI=1S/C18H17N3O5S/c1-11-3-2-4-12(9-11)16-17(22)19-7-8-21(16)27(24,25)13-5-6-14-15(10-13)26-18(23)20-14/h2-6,9-10,16H,7-8H2,1H3,(H,19,22)(H,20,23). The normalized spacial score (nSPS) is 18.6. The number of rotatable bonds is 3. The average molecular weight is 387 g/mol. The summed E-state index contributed by atoms with van der Waals surface area (Å²) in [5, 5.41) is 2.73. The summed E-state index contributed by atoms with van der Waals surface area (Å²) in [7, 11) is -3.99. The minimum absolute atomic E-state index is 0.0369. The Labute approximate surface area is 154 Å². The van der Waals surface area contributed by atoms with Crippen LogP contribution < -0.4 is 11.1 Å². The zero-order valence-electron chi connectivity index (χ0n) is 14.4. The van der Waals surface area contributed by atoms with Crippen LogP contribution in [0.2, 0.25) is 0 Å². The predicted octanol–water partition coefficient (Wildman–Crippen LogP) is 1.29. The third-order valence-electron chi connectivity index (χ3n) is 4.52. The molecule has 27 heavy (non-hydrogen) atoms. The Morgan fingerprint density at radius 2 is 1.96 bits per heavy atom. The molecule has 1 saturated heterocycles. The van der Waals surface area contributed by atoms with Crippen molar-refractivity contribution in [3.05, 3.63) is 64.1 Å². The van der Waals surface area contributed by atoms with Crippen molar-refractivity contribution in [1.82, 2.24) is 14.6 Å². The second kappa shape index (κ2) is 6.36. The molecule has 140 valence electrons. The van der Waals surface area contributed by atoms with Gasteiger partial charge in [-0.3, -0.25) is 9.78 Å². The second-order valence-electron chi connectivity index (χ2n) is 6.40. The first-order valence-electron chi connectivity index (χ1n) is 8.35. The molecule has 0 aliphatic carbocycles. The molecule has 3 aromatic rings. The van der Waals surface area contributed by atoms with Crippen molar-refractivity contribution < 1.29 is 17.6 Å². The van der Waals surface area contributed by atoms with Gasteiger partial charge in [-0.2, -0.15) is 4.31 Å². The van der Waals surface area contributed by atoms with Gasteiger partial charge in [-0.05, 0) is 24.6 Å². The molecule has 2 N–H and O–H groups in total. The van der Waals surface area contributed by atoms with Gasteiger partial charge in [0, 0.05) is 19.2 Å². The van der Waals surface area contributed by atoms with Gasteiger partial charge in [0.1, 0.15) is 6.04 Å². The Morgan fingerprint density at radius 3 is 2.74 bits per heavy atom. The van der Waals surface area contributed by atoms with Gasteiger partial charge < -0.3 is 9.73 Å². The summed E-state index contributed by atoms with van der Waals surface area (Å²) in [4.78, 5) is 26.3. The Balaban J connectivity index is 1.81. The van der Waals surface area contributed by atoms with Crippen LogP contribution in [0.25, 0.3) is 11.1 Å². The van der Waals surface area contributed by atoms with Crippen molar-refractivity contribution in [3.63, 3.8) is 0 Å². The number of hydrogen-bond acceptors (Lipinski definition) is 5. The lowest BCUT2D eigenvalue weighted by Crippen LogP contribution is -2.52. The van der Waals surface area contributed by atoms with Gasteiger partial charge >= 0.3 is 5.76 Å². The van der Waals surface area contributed by atoms with Crippen molar-refractivity contribution in [1.29, 1.82) is 0 Å². The largest absolute Gasteiger partial charge is 0.417 e. The van der Waals surface area contributed by atoms with E-state index >= 15 is 0 Å². The summed E-state index contributed by atoms with van der Waals surface area (Å²) < 4.78 is 32.7. The summed E-state index contributed by atoms with van der Waals surface area (Å²) in [6.07, 6.45) is 0. The molecule has 0 saturated carbocycles. The number of benzene rings is 2. The van der Waals surface area contributed by atoms with Gasteiger partial charge in [-0.15, -0.1) is 0 Å². The van der Waals surface area contributed by atoms with E-state index in [0.29, 0.717) is 11.1 Å². The number of nitrogens with zero attached hydrogens (tertiary/aromatic N) is 1. The molecule has 1 fully saturated rings. The molecular formula is C18H17N3O5S. The Morgan fingerprint density at radius 1 is 1.15 bits per heavy atom. The number of nitrogens with one attached hydrogen (secondary N) is 2. The third kappa shape index (κ3) is 3.04. The van der Waals surface area contributed by atoms with Crippen molar-refractivity contribution in [2.24, 2.45) is 0 Å². The van der Waals surface area contributed by atoms with Crippen LogP contribution in [0.15, 0.2) is 56.6 Å². The van der Waals surface area contributed by atoms with E-state index in [2.05, 4.69) is 10.3 Å². The lowest BCUT2D eigenvalue weighted by molar-refractivity contribution is -0.126. The molecule has 8 nitrogen and oxygen atoms in total. The van der Waals surface area contributed by atoms with Crippen molar-refractivity contribution in [3.8, 4) is 0 Å². The van der Waals surface area contributed by atoms with Crippen LogP contribution >= 0.6 is 0 Å². The smallest absolute Gasteiger partial charge is 0.408 e. The number of amides is 1. The highest BCUT2D eigenvalue weighted by molar-refractivity contribution is 7.89. The van der Waals surface area contributed by atoms with Gasteiger partial charge in [-0.1, -0.05) is 29.8 Å². The first-order chi connectivity index (χ1) is 12.9. The fraction of sp³-hybridized carbons (Fsp3) is 0.222. The van der Waals surface area contributed by atoms with E-state index < -0.39 is 21.8 Å². The maximum absolute atomic E-state index is 13.3. The Hall–Kier alpha value is -2.91. The molecule has 2 heterocycles.